The Bertz CT molecular complexity index is 421. The minimum Gasteiger partial charge on any atom is -0.353 e. The zero-order valence-corrected chi connectivity index (χ0v) is 8.67. The van der Waals surface area contributed by atoms with Gasteiger partial charge in [0.1, 0.15) is 0 Å². The highest BCUT2D eigenvalue weighted by molar-refractivity contribution is 7.13. The van der Waals surface area contributed by atoms with Gasteiger partial charge in [-0.25, -0.2) is 4.98 Å². The summed E-state index contributed by atoms with van der Waals surface area (Å²) in [5, 5.41) is 6.68. The Labute approximate surface area is 85.7 Å². The molecule has 4 nitrogen and oxygen atoms in total. The number of aryl methyl sites for hydroxylation is 1. The Kier molecular flexibility index (Phi) is 2.60. The van der Waals surface area contributed by atoms with Crippen LogP contribution in [-0.4, -0.2) is 16.7 Å². The van der Waals surface area contributed by atoms with E-state index in [1.807, 2.05) is 18.4 Å². The highest BCUT2D eigenvalue weighted by Gasteiger charge is 2.08. The van der Waals surface area contributed by atoms with Crippen LogP contribution in [0.1, 0.15) is 11.4 Å². The number of nitrogens with zero attached hydrogens (tertiary/aromatic N) is 2. The number of rotatable bonds is 3. The van der Waals surface area contributed by atoms with Gasteiger partial charge in [-0.2, -0.15) is 0 Å². The smallest absolute Gasteiger partial charge is 0.195 e. The second-order valence-electron chi connectivity index (χ2n) is 3.02. The standard InChI is InChI=1S/C9H11N3OS/c1-6-4-8(13-12-6)9-11-7(2-3-10)5-14-9/h4-5H,2-3,10H2,1H3. The Balaban J connectivity index is 2.24. The summed E-state index contributed by atoms with van der Waals surface area (Å²) in [5.74, 6) is 0.732. The summed E-state index contributed by atoms with van der Waals surface area (Å²) in [6, 6.07) is 1.88. The van der Waals surface area contributed by atoms with Crippen molar-refractivity contribution in [2.24, 2.45) is 5.73 Å². The Morgan fingerprint density at radius 1 is 1.57 bits per heavy atom. The monoisotopic (exact) mass is 209 g/mol. The van der Waals surface area contributed by atoms with Gasteiger partial charge in [0.15, 0.2) is 10.8 Å². The molecule has 0 aliphatic rings. The van der Waals surface area contributed by atoms with Gasteiger partial charge >= 0.3 is 0 Å². The summed E-state index contributed by atoms with van der Waals surface area (Å²) in [4.78, 5) is 4.39. The molecule has 0 saturated heterocycles. The molecule has 0 fully saturated rings. The zero-order valence-electron chi connectivity index (χ0n) is 7.86. The highest BCUT2D eigenvalue weighted by atomic mass is 32.1. The predicted molar refractivity (Wildman–Crippen MR) is 55.1 cm³/mol. The molecule has 0 saturated carbocycles. The van der Waals surface area contributed by atoms with Crippen LogP contribution < -0.4 is 5.73 Å². The molecule has 2 heterocycles. The first-order valence-electron chi connectivity index (χ1n) is 4.38. The molecule has 0 aliphatic carbocycles. The van der Waals surface area contributed by atoms with Crippen molar-refractivity contribution in [3.63, 3.8) is 0 Å². The van der Waals surface area contributed by atoms with Crippen LogP contribution >= 0.6 is 11.3 Å². The maximum Gasteiger partial charge on any atom is 0.195 e. The van der Waals surface area contributed by atoms with Crippen molar-refractivity contribution in [2.75, 3.05) is 6.54 Å². The van der Waals surface area contributed by atoms with E-state index in [1.165, 1.54) is 0 Å². The molecule has 74 valence electrons. The molecular formula is C9H11N3OS. The van der Waals surface area contributed by atoms with Gasteiger partial charge in [-0.3, -0.25) is 0 Å². The van der Waals surface area contributed by atoms with E-state index in [2.05, 4.69) is 10.1 Å². The van der Waals surface area contributed by atoms with Crippen molar-refractivity contribution in [1.82, 2.24) is 10.1 Å². The van der Waals surface area contributed by atoms with E-state index in [0.717, 1.165) is 28.6 Å². The molecule has 0 radical (unpaired) electrons. The Morgan fingerprint density at radius 2 is 2.43 bits per heavy atom. The number of hydrogen-bond donors (Lipinski definition) is 1. The lowest BCUT2D eigenvalue weighted by atomic mass is 10.3. The summed E-state index contributed by atoms with van der Waals surface area (Å²) < 4.78 is 5.11. The first-order chi connectivity index (χ1) is 6.79. The number of aromatic nitrogens is 2. The third-order valence-electron chi connectivity index (χ3n) is 1.79. The molecule has 0 aromatic carbocycles. The second-order valence-corrected chi connectivity index (χ2v) is 3.87. The van der Waals surface area contributed by atoms with Crippen molar-refractivity contribution in [3.05, 3.63) is 22.8 Å². The zero-order chi connectivity index (χ0) is 9.97. The number of thiazole rings is 1. The van der Waals surface area contributed by atoms with E-state index in [-0.39, 0.29) is 0 Å². The maximum atomic E-state index is 5.44. The van der Waals surface area contributed by atoms with Crippen molar-refractivity contribution < 1.29 is 4.52 Å². The first-order valence-corrected chi connectivity index (χ1v) is 5.25. The minimum atomic E-state index is 0.624. The second kappa shape index (κ2) is 3.89. The van der Waals surface area contributed by atoms with Gasteiger partial charge in [0.2, 0.25) is 0 Å². The van der Waals surface area contributed by atoms with E-state index in [1.54, 1.807) is 11.3 Å². The highest BCUT2D eigenvalue weighted by Crippen LogP contribution is 2.24. The predicted octanol–water partition coefficient (Wildman–Crippen LogP) is 1.61. The third-order valence-corrected chi connectivity index (χ3v) is 2.70. The van der Waals surface area contributed by atoms with Gasteiger partial charge in [-0.15, -0.1) is 11.3 Å². The van der Waals surface area contributed by atoms with E-state index in [9.17, 15) is 0 Å². The van der Waals surface area contributed by atoms with Gasteiger partial charge < -0.3 is 10.3 Å². The average molecular weight is 209 g/mol. The topological polar surface area (TPSA) is 64.9 Å². The van der Waals surface area contributed by atoms with Crippen LogP contribution in [0.2, 0.25) is 0 Å². The average Bonchev–Trinajstić information content (AvgIpc) is 2.74. The lowest BCUT2D eigenvalue weighted by Gasteiger charge is -1.88. The number of nitrogens with two attached hydrogens (primary N) is 1. The van der Waals surface area contributed by atoms with E-state index in [0.29, 0.717) is 6.54 Å². The van der Waals surface area contributed by atoms with Gasteiger partial charge in [-0.05, 0) is 13.5 Å². The first kappa shape index (κ1) is 9.36. The molecule has 14 heavy (non-hydrogen) atoms. The molecule has 5 heteroatoms. The summed E-state index contributed by atoms with van der Waals surface area (Å²) >= 11 is 1.56. The molecule has 2 N–H and O–H groups in total. The van der Waals surface area contributed by atoms with Crippen LogP contribution in [0, 0.1) is 6.92 Å². The van der Waals surface area contributed by atoms with E-state index < -0.39 is 0 Å². The van der Waals surface area contributed by atoms with Crippen molar-refractivity contribution in [2.45, 2.75) is 13.3 Å². The van der Waals surface area contributed by atoms with Crippen molar-refractivity contribution >= 4 is 11.3 Å². The lowest BCUT2D eigenvalue weighted by molar-refractivity contribution is 0.427. The van der Waals surface area contributed by atoms with Gasteiger partial charge in [-0.1, -0.05) is 5.16 Å². The molecule has 0 amide bonds. The molecule has 0 aliphatic heterocycles. The fourth-order valence-corrected chi connectivity index (χ4v) is 1.95. The van der Waals surface area contributed by atoms with Crippen LogP contribution in [0.4, 0.5) is 0 Å². The number of hydrogen-bond acceptors (Lipinski definition) is 5. The molecule has 2 rings (SSSR count). The lowest BCUT2D eigenvalue weighted by Crippen LogP contribution is -2.02. The van der Waals surface area contributed by atoms with Gasteiger partial charge in [0.25, 0.3) is 0 Å². The quantitative estimate of drug-likeness (QED) is 0.834. The fourth-order valence-electron chi connectivity index (χ4n) is 1.15. The molecule has 0 unspecified atom stereocenters. The SMILES string of the molecule is Cc1cc(-c2nc(CCN)cs2)on1. The van der Waals surface area contributed by atoms with Gasteiger partial charge in [0, 0.05) is 17.9 Å². The van der Waals surface area contributed by atoms with Gasteiger partial charge in [0.05, 0.1) is 11.4 Å². The molecule has 2 aromatic rings. The van der Waals surface area contributed by atoms with Crippen molar-refractivity contribution in [1.29, 1.82) is 0 Å². The summed E-state index contributed by atoms with van der Waals surface area (Å²) in [6.07, 6.45) is 0.809. The summed E-state index contributed by atoms with van der Waals surface area (Å²) in [6.45, 7) is 2.51. The van der Waals surface area contributed by atoms with Crippen LogP contribution in [0.25, 0.3) is 10.8 Å². The van der Waals surface area contributed by atoms with Crippen LogP contribution in [0.3, 0.4) is 0 Å². The molecule has 0 atom stereocenters. The van der Waals surface area contributed by atoms with Crippen LogP contribution in [0.5, 0.6) is 0 Å². The van der Waals surface area contributed by atoms with E-state index >= 15 is 0 Å². The molecule has 0 bridgehead atoms. The van der Waals surface area contributed by atoms with Crippen molar-refractivity contribution in [3.8, 4) is 10.8 Å². The summed E-state index contributed by atoms with van der Waals surface area (Å²) in [7, 11) is 0. The Hall–Kier alpha value is -1.20. The fraction of sp³-hybridized carbons (Fsp3) is 0.333. The molecular weight excluding hydrogens is 198 g/mol. The molecule has 2 aromatic heterocycles. The normalized spacial score (nSPS) is 10.7. The third kappa shape index (κ3) is 1.83. The molecule has 0 spiro atoms. The van der Waals surface area contributed by atoms with E-state index in [4.69, 9.17) is 10.3 Å². The summed E-state index contributed by atoms with van der Waals surface area (Å²) in [5.41, 5.74) is 7.33. The Morgan fingerprint density at radius 3 is 3.07 bits per heavy atom. The maximum absolute atomic E-state index is 5.44. The minimum absolute atomic E-state index is 0.624. The van der Waals surface area contributed by atoms with Crippen LogP contribution in [0.15, 0.2) is 16.0 Å². The van der Waals surface area contributed by atoms with Crippen LogP contribution in [-0.2, 0) is 6.42 Å². The largest absolute Gasteiger partial charge is 0.353 e.